The van der Waals surface area contributed by atoms with Crippen LogP contribution < -0.4 is 5.32 Å². The molecule has 1 fully saturated rings. The first-order valence-corrected chi connectivity index (χ1v) is 11.9. The third-order valence-corrected chi connectivity index (χ3v) is 8.99. The van der Waals surface area contributed by atoms with E-state index in [-0.39, 0.29) is 0 Å². The van der Waals surface area contributed by atoms with Gasteiger partial charge in [-0.15, -0.1) is 23.1 Å². The Morgan fingerprint density at radius 1 is 1.32 bits per heavy atom. The molecule has 0 spiro atoms. The van der Waals surface area contributed by atoms with E-state index in [1.54, 1.807) is 0 Å². The second kappa shape index (κ2) is 7.79. The smallest absolute Gasteiger partial charge is 0.131 e. The summed E-state index contributed by atoms with van der Waals surface area (Å²) in [5.74, 6) is 2.54. The van der Waals surface area contributed by atoms with Crippen molar-refractivity contribution in [2.24, 2.45) is 5.92 Å². The van der Waals surface area contributed by atoms with Crippen LogP contribution in [0.4, 0.5) is 5.69 Å². The summed E-state index contributed by atoms with van der Waals surface area (Å²) in [4.78, 5) is 7.49. The SMILES string of the molecule is CC1C=C(CNc2cc(Cl)nc3c(Br)c(C4CCCCC4)sc23)SC1. The van der Waals surface area contributed by atoms with Crippen molar-refractivity contribution >= 4 is 66.5 Å². The van der Waals surface area contributed by atoms with E-state index in [1.807, 2.05) is 29.2 Å². The van der Waals surface area contributed by atoms with Crippen LogP contribution in [0, 0.1) is 5.92 Å². The summed E-state index contributed by atoms with van der Waals surface area (Å²) in [6.45, 7) is 3.15. The van der Waals surface area contributed by atoms with Gasteiger partial charge in [0.05, 0.1) is 20.4 Å². The van der Waals surface area contributed by atoms with Gasteiger partial charge < -0.3 is 5.32 Å². The Hall–Kier alpha value is -0.230. The van der Waals surface area contributed by atoms with Gasteiger partial charge in [-0.25, -0.2) is 4.98 Å². The largest absolute Gasteiger partial charge is 0.379 e. The number of fused-ring (bicyclic) bond motifs is 1. The monoisotopic (exact) mass is 456 g/mol. The van der Waals surface area contributed by atoms with Gasteiger partial charge in [0.1, 0.15) is 5.15 Å². The molecule has 2 nitrogen and oxygen atoms in total. The Bertz CT molecular complexity index is 811. The summed E-state index contributed by atoms with van der Waals surface area (Å²) < 4.78 is 2.39. The van der Waals surface area contributed by atoms with Crippen LogP contribution in [-0.4, -0.2) is 17.3 Å². The molecule has 2 aromatic heterocycles. The molecule has 1 aliphatic carbocycles. The Balaban J connectivity index is 1.65. The van der Waals surface area contributed by atoms with Crippen molar-refractivity contribution < 1.29 is 0 Å². The zero-order valence-electron chi connectivity index (χ0n) is 14.3. The molecular formula is C19H22BrClN2S2. The first-order valence-electron chi connectivity index (χ1n) is 8.97. The molecule has 3 heterocycles. The minimum absolute atomic E-state index is 0.560. The quantitative estimate of drug-likeness (QED) is 0.483. The molecule has 0 radical (unpaired) electrons. The summed E-state index contributed by atoms with van der Waals surface area (Å²) >= 11 is 14.0. The van der Waals surface area contributed by atoms with Crippen LogP contribution >= 0.6 is 50.6 Å². The molecule has 2 aliphatic rings. The number of hydrogen-bond donors (Lipinski definition) is 1. The lowest BCUT2D eigenvalue weighted by molar-refractivity contribution is 0.447. The van der Waals surface area contributed by atoms with E-state index in [2.05, 4.69) is 39.2 Å². The third-order valence-electron chi connectivity index (χ3n) is 5.01. The molecule has 0 saturated heterocycles. The molecule has 0 aromatic carbocycles. The molecule has 4 rings (SSSR count). The van der Waals surface area contributed by atoms with Crippen molar-refractivity contribution in [1.29, 1.82) is 0 Å². The van der Waals surface area contributed by atoms with Gasteiger partial charge in [0.15, 0.2) is 0 Å². The summed E-state index contributed by atoms with van der Waals surface area (Å²) in [5.41, 5.74) is 2.13. The number of thioether (sulfide) groups is 1. The summed E-state index contributed by atoms with van der Waals surface area (Å²) in [5, 5.41) is 4.17. The number of aromatic nitrogens is 1. The zero-order valence-corrected chi connectivity index (χ0v) is 18.3. The van der Waals surface area contributed by atoms with Gasteiger partial charge in [-0.3, -0.25) is 0 Å². The number of pyridine rings is 1. The highest BCUT2D eigenvalue weighted by molar-refractivity contribution is 9.10. The highest BCUT2D eigenvalue weighted by Crippen LogP contribution is 2.46. The average Bonchev–Trinajstić information content (AvgIpc) is 3.17. The first-order chi connectivity index (χ1) is 12.1. The predicted octanol–water partition coefficient (Wildman–Crippen LogP) is 7.44. The van der Waals surface area contributed by atoms with Gasteiger partial charge >= 0.3 is 0 Å². The third kappa shape index (κ3) is 3.90. The van der Waals surface area contributed by atoms with Gasteiger partial charge in [-0.1, -0.05) is 43.9 Å². The van der Waals surface area contributed by atoms with Crippen molar-refractivity contribution in [2.75, 3.05) is 17.6 Å². The number of nitrogens with zero attached hydrogens (tertiary/aromatic N) is 1. The lowest BCUT2D eigenvalue weighted by Crippen LogP contribution is -2.02. The molecule has 1 atom stereocenters. The van der Waals surface area contributed by atoms with Gasteiger partial charge in [0.25, 0.3) is 0 Å². The summed E-state index contributed by atoms with van der Waals surface area (Å²) in [7, 11) is 0. The first kappa shape index (κ1) is 18.1. The number of anilines is 1. The van der Waals surface area contributed by atoms with Crippen LogP contribution in [-0.2, 0) is 0 Å². The van der Waals surface area contributed by atoms with Gasteiger partial charge in [0.2, 0.25) is 0 Å². The number of halogens is 2. The van der Waals surface area contributed by atoms with Crippen LogP contribution in [0.1, 0.15) is 49.8 Å². The Labute approximate surface area is 170 Å². The molecule has 25 heavy (non-hydrogen) atoms. The van der Waals surface area contributed by atoms with Crippen LogP contribution in [0.25, 0.3) is 10.2 Å². The lowest BCUT2D eigenvalue weighted by atomic mass is 9.88. The van der Waals surface area contributed by atoms with E-state index in [0.717, 1.165) is 22.2 Å². The lowest BCUT2D eigenvalue weighted by Gasteiger charge is -2.20. The van der Waals surface area contributed by atoms with E-state index in [4.69, 9.17) is 11.6 Å². The maximum atomic E-state index is 6.32. The number of rotatable bonds is 4. The van der Waals surface area contributed by atoms with E-state index < -0.39 is 0 Å². The van der Waals surface area contributed by atoms with Crippen molar-refractivity contribution in [3.63, 3.8) is 0 Å². The maximum absolute atomic E-state index is 6.32. The van der Waals surface area contributed by atoms with Crippen LogP contribution in [0.5, 0.6) is 0 Å². The fourth-order valence-electron chi connectivity index (χ4n) is 3.73. The normalized spacial score (nSPS) is 21.7. The number of nitrogens with one attached hydrogen (secondary N) is 1. The van der Waals surface area contributed by atoms with Crippen LogP contribution in [0.15, 0.2) is 21.5 Å². The fraction of sp³-hybridized carbons (Fsp3) is 0.526. The van der Waals surface area contributed by atoms with E-state index in [0.29, 0.717) is 17.0 Å². The second-order valence-corrected chi connectivity index (χ2v) is 10.4. The van der Waals surface area contributed by atoms with Crippen molar-refractivity contribution in [3.05, 3.63) is 31.6 Å². The summed E-state index contributed by atoms with van der Waals surface area (Å²) in [6.07, 6.45) is 9.02. The standard InChI is InChI=1S/C19H22BrClN2S2/c1-11-7-13(24-10-11)9-22-14-8-15(21)23-17-16(20)18(25-19(14)17)12-5-3-2-4-6-12/h7-8,11-12H,2-6,9-10H2,1H3,(H,22,23). The van der Waals surface area contributed by atoms with Crippen molar-refractivity contribution in [3.8, 4) is 0 Å². The molecule has 1 aliphatic heterocycles. The van der Waals surface area contributed by atoms with Gasteiger partial charge in [-0.2, -0.15) is 0 Å². The average molecular weight is 458 g/mol. The minimum Gasteiger partial charge on any atom is -0.379 e. The molecule has 1 saturated carbocycles. The van der Waals surface area contributed by atoms with Crippen molar-refractivity contribution in [2.45, 2.75) is 44.9 Å². The molecule has 0 bridgehead atoms. The zero-order chi connectivity index (χ0) is 17.4. The van der Waals surface area contributed by atoms with Crippen molar-refractivity contribution in [1.82, 2.24) is 4.98 Å². The molecular weight excluding hydrogens is 436 g/mol. The molecule has 134 valence electrons. The van der Waals surface area contributed by atoms with E-state index in [9.17, 15) is 0 Å². The Kier molecular flexibility index (Phi) is 5.66. The van der Waals surface area contributed by atoms with Gasteiger partial charge in [0, 0.05) is 28.1 Å². The second-order valence-electron chi connectivity index (χ2n) is 7.06. The fourth-order valence-corrected chi connectivity index (χ4v) is 7.28. The predicted molar refractivity (Wildman–Crippen MR) is 116 cm³/mol. The van der Waals surface area contributed by atoms with Crippen LogP contribution in [0.2, 0.25) is 5.15 Å². The topological polar surface area (TPSA) is 24.9 Å². The Morgan fingerprint density at radius 2 is 2.12 bits per heavy atom. The number of thiophene rings is 1. The van der Waals surface area contributed by atoms with E-state index >= 15 is 0 Å². The summed E-state index contributed by atoms with van der Waals surface area (Å²) in [6, 6.07) is 1.97. The molecule has 2 aromatic rings. The molecule has 0 amide bonds. The molecule has 1 unspecified atom stereocenters. The highest BCUT2D eigenvalue weighted by atomic mass is 79.9. The number of allylic oxidation sites excluding steroid dienone is 1. The molecule has 1 N–H and O–H groups in total. The Morgan fingerprint density at radius 3 is 2.84 bits per heavy atom. The van der Waals surface area contributed by atoms with E-state index in [1.165, 1.54) is 52.3 Å². The number of hydrogen-bond acceptors (Lipinski definition) is 4. The molecule has 6 heteroatoms. The minimum atomic E-state index is 0.560. The maximum Gasteiger partial charge on any atom is 0.131 e. The van der Waals surface area contributed by atoms with Gasteiger partial charge in [-0.05, 0) is 40.6 Å². The van der Waals surface area contributed by atoms with Crippen LogP contribution in [0.3, 0.4) is 0 Å². The highest BCUT2D eigenvalue weighted by Gasteiger charge is 2.24.